The first kappa shape index (κ1) is 13.0. The van der Waals surface area contributed by atoms with E-state index in [2.05, 4.69) is 26.6 Å². The van der Waals surface area contributed by atoms with Gasteiger partial charge >= 0.3 is 0 Å². The maximum absolute atomic E-state index is 13.2. The highest BCUT2D eigenvalue weighted by Gasteiger charge is 2.12. The quantitative estimate of drug-likeness (QED) is 0.897. The maximum atomic E-state index is 13.2. The summed E-state index contributed by atoms with van der Waals surface area (Å²) in [5.74, 6) is -0.421. The molecule has 3 nitrogen and oxygen atoms in total. The van der Waals surface area contributed by atoms with Gasteiger partial charge in [-0.15, -0.1) is 0 Å². The normalized spacial score (nSPS) is 12.1. The van der Waals surface area contributed by atoms with Crippen LogP contribution in [0.1, 0.15) is 12.5 Å². The molecule has 0 radical (unpaired) electrons. The third-order valence-corrected chi connectivity index (χ3v) is 2.89. The van der Waals surface area contributed by atoms with Gasteiger partial charge in [-0.2, -0.15) is 0 Å². The Labute approximate surface area is 103 Å². The summed E-state index contributed by atoms with van der Waals surface area (Å²) in [5, 5.41) is 5.56. The summed E-state index contributed by atoms with van der Waals surface area (Å²) < 4.78 is 13.5. The molecule has 0 aliphatic rings. The highest BCUT2D eigenvalue weighted by atomic mass is 79.9. The third-order valence-electron chi connectivity index (χ3n) is 2.28. The molecular formula is C11H14BrFN2O. The molecule has 0 saturated carbocycles. The van der Waals surface area contributed by atoms with Gasteiger partial charge in [-0.05, 0) is 47.5 Å². The lowest BCUT2D eigenvalue weighted by Gasteiger charge is -2.16. The molecule has 2 N–H and O–H groups in total. The van der Waals surface area contributed by atoms with Crippen LogP contribution in [0.15, 0.2) is 16.6 Å². The predicted molar refractivity (Wildman–Crippen MR) is 66.0 cm³/mol. The van der Waals surface area contributed by atoms with E-state index in [-0.39, 0.29) is 17.8 Å². The molecule has 1 rings (SSSR count). The number of anilines is 1. The summed E-state index contributed by atoms with van der Waals surface area (Å²) in [4.78, 5) is 11.3. The van der Waals surface area contributed by atoms with Crippen LogP contribution in [-0.2, 0) is 4.79 Å². The smallest absolute Gasteiger partial charge is 0.241 e. The van der Waals surface area contributed by atoms with Gasteiger partial charge in [-0.25, -0.2) is 4.39 Å². The molecule has 0 aliphatic carbocycles. The van der Waals surface area contributed by atoms with Crippen LogP contribution in [0.3, 0.4) is 0 Å². The lowest BCUT2D eigenvalue weighted by Crippen LogP contribution is -2.35. The number of hydrogen-bond donors (Lipinski definition) is 2. The molecule has 16 heavy (non-hydrogen) atoms. The number of hydrogen-bond acceptors (Lipinski definition) is 2. The fraction of sp³-hybridized carbons (Fsp3) is 0.364. The van der Waals surface area contributed by atoms with Gasteiger partial charge in [0.1, 0.15) is 11.9 Å². The summed E-state index contributed by atoms with van der Waals surface area (Å²) in [6.45, 7) is 3.53. The summed E-state index contributed by atoms with van der Waals surface area (Å²) >= 11 is 3.11. The zero-order valence-corrected chi connectivity index (χ0v) is 11.0. The molecule has 88 valence electrons. The zero-order valence-electron chi connectivity index (χ0n) is 9.40. The van der Waals surface area contributed by atoms with Crippen LogP contribution in [0.2, 0.25) is 0 Å². The molecule has 0 saturated heterocycles. The average Bonchev–Trinajstić information content (AvgIpc) is 2.24. The van der Waals surface area contributed by atoms with E-state index in [1.807, 2.05) is 0 Å². The van der Waals surface area contributed by atoms with Crippen molar-refractivity contribution < 1.29 is 9.18 Å². The molecule has 0 spiro atoms. The Balaban J connectivity index is 2.89. The number of nitrogens with one attached hydrogen (secondary N) is 2. The Hall–Kier alpha value is -1.10. The van der Waals surface area contributed by atoms with Crippen molar-refractivity contribution in [2.75, 3.05) is 12.4 Å². The van der Waals surface area contributed by atoms with Gasteiger partial charge in [0.25, 0.3) is 0 Å². The number of amides is 1. The highest BCUT2D eigenvalue weighted by molar-refractivity contribution is 9.10. The third kappa shape index (κ3) is 2.95. The van der Waals surface area contributed by atoms with Gasteiger partial charge in [0.2, 0.25) is 5.91 Å². The number of aryl methyl sites for hydroxylation is 1. The van der Waals surface area contributed by atoms with E-state index in [0.29, 0.717) is 4.47 Å². The number of halogens is 2. The van der Waals surface area contributed by atoms with Gasteiger partial charge in [-0.1, -0.05) is 0 Å². The monoisotopic (exact) mass is 288 g/mol. The Bertz CT molecular complexity index is 409. The van der Waals surface area contributed by atoms with Crippen molar-refractivity contribution in [1.82, 2.24) is 5.32 Å². The molecule has 0 fully saturated rings. The molecule has 1 atom stereocenters. The molecule has 1 unspecified atom stereocenters. The maximum Gasteiger partial charge on any atom is 0.241 e. The highest BCUT2D eigenvalue weighted by Crippen LogP contribution is 2.24. The van der Waals surface area contributed by atoms with Gasteiger partial charge in [-0.3, -0.25) is 4.79 Å². The number of likely N-dealkylation sites (N-methyl/N-ethyl adjacent to an activating group) is 1. The average molecular weight is 289 g/mol. The number of rotatable bonds is 3. The Morgan fingerprint density at radius 2 is 2.12 bits per heavy atom. The number of benzene rings is 1. The van der Waals surface area contributed by atoms with Crippen LogP contribution >= 0.6 is 15.9 Å². The number of carbonyl (C=O) groups is 1. The first-order valence-corrected chi connectivity index (χ1v) is 5.68. The second kappa shape index (κ2) is 5.30. The molecule has 0 heterocycles. The molecule has 1 aromatic carbocycles. The SMILES string of the molecule is CNC(=O)C(C)Nc1cc(Br)c(F)cc1C. The molecule has 5 heteroatoms. The zero-order chi connectivity index (χ0) is 12.3. The van der Waals surface area contributed by atoms with Gasteiger partial charge in [0, 0.05) is 12.7 Å². The minimum Gasteiger partial charge on any atom is -0.374 e. The lowest BCUT2D eigenvalue weighted by atomic mass is 10.1. The van der Waals surface area contributed by atoms with Crippen LogP contribution in [0.25, 0.3) is 0 Å². The standard InChI is InChI=1S/C11H14BrFN2O/c1-6-4-9(13)8(12)5-10(6)15-7(2)11(16)14-3/h4-5,7,15H,1-3H3,(H,14,16). The fourth-order valence-electron chi connectivity index (χ4n) is 1.32. The number of carbonyl (C=O) groups excluding carboxylic acids is 1. The van der Waals surface area contributed by atoms with Gasteiger partial charge < -0.3 is 10.6 Å². The molecule has 0 aliphatic heterocycles. The van der Waals surface area contributed by atoms with E-state index in [4.69, 9.17) is 0 Å². The van der Waals surface area contributed by atoms with E-state index in [1.165, 1.54) is 6.07 Å². The Kier molecular flexibility index (Phi) is 4.29. The summed E-state index contributed by atoms with van der Waals surface area (Å²) in [6, 6.07) is 2.69. The molecule has 1 amide bonds. The van der Waals surface area contributed by atoms with E-state index < -0.39 is 0 Å². The van der Waals surface area contributed by atoms with Crippen molar-refractivity contribution in [2.45, 2.75) is 19.9 Å². The lowest BCUT2D eigenvalue weighted by molar-refractivity contribution is -0.121. The van der Waals surface area contributed by atoms with Crippen LogP contribution in [-0.4, -0.2) is 19.0 Å². The largest absolute Gasteiger partial charge is 0.374 e. The first-order chi connectivity index (χ1) is 7.45. The molecule has 1 aromatic rings. The Morgan fingerprint density at radius 1 is 1.50 bits per heavy atom. The minimum absolute atomic E-state index is 0.111. The van der Waals surface area contributed by atoms with E-state index in [0.717, 1.165) is 11.3 Å². The van der Waals surface area contributed by atoms with E-state index in [1.54, 1.807) is 27.0 Å². The van der Waals surface area contributed by atoms with E-state index >= 15 is 0 Å². The van der Waals surface area contributed by atoms with Crippen molar-refractivity contribution in [3.05, 3.63) is 28.0 Å². The predicted octanol–water partition coefficient (Wildman–Crippen LogP) is 2.44. The van der Waals surface area contributed by atoms with Crippen LogP contribution < -0.4 is 10.6 Å². The van der Waals surface area contributed by atoms with Gasteiger partial charge in [0.15, 0.2) is 0 Å². The fourth-order valence-corrected chi connectivity index (χ4v) is 1.66. The van der Waals surface area contributed by atoms with Crippen LogP contribution in [0.5, 0.6) is 0 Å². The topological polar surface area (TPSA) is 41.1 Å². The summed E-state index contributed by atoms with van der Waals surface area (Å²) in [6.07, 6.45) is 0. The molecule has 0 aromatic heterocycles. The molecule has 0 bridgehead atoms. The second-order valence-electron chi connectivity index (χ2n) is 3.56. The molecular weight excluding hydrogens is 275 g/mol. The van der Waals surface area contributed by atoms with E-state index in [9.17, 15) is 9.18 Å². The summed E-state index contributed by atoms with van der Waals surface area (Å²) in [5.41, 5.74) is 1.50. The van der Waals surface area contributed by atoms with Gasteiger partial charge in [0.05, 0.1) is 4.47 Å². The van der Waals surface area contributed by atoms with Crippen LogP contribution in [0.4, 0.5) is 10.1 Å². The van der Waals surface area contributed by atoms with Crippen molar-refractivity contribution in [1.29, 1.82) is 0 Å². The minimum atomic E-state index is -0.360. The van der Waals surface area contributed by atoms with Crippen LogP contribution in [0, 0.1) is 12.7 Å². The summed E-state index contributed by atoms with van der Waals surface area (Å²) in [7, 11) is 1.58. The van der Waals surface area contributed by atoms with Crippen molar-refractivity contribution in [3.63, 3.8) is 0 Å². The Morgan fingerprint density at radius 3 is 2.69 bits per heavy atom. The first-order valence-electron chi connectivity index (χ1n) is 4.89. The van der Waals surface area contributed by atoms with Crippen molar-refractivity contribution >= 4 is 27.5 Å². The van der Waals surface area contributed by atoms with Crippen molar-refractivity contribution in [3.8, 4) is 0 Å². The second-order valence-corrected chi connectivity index (χ2v) is 4.42. The van der Waals surface area contributed by atoms with Crippen molar-refractivity contribution in [2.24, 2.45) is 0 Å².